The summed E-state index contributed by atoms with van der Waals surface area (Å²) in [5.41, 5.74) is 0.680. The number of hydrogen-bond donors (Lipinski definition) is 0. The summed E-state index contributed by atoms with van der Waals surface area (Å²) in [6.45, 7) is 2.58. The van der Waals surface area contributed by atoms with E-state index in [0.29, 0.717) is 18.2 Å². The Labute approximate surface area is 113 Å². The molecular formula is C12H11N5OS. The largest absolute Gasteiger partial charge is 0.501 e. The van der Waals surface area contributed by atoms with E-state index < -0.39 is 0 Å². The zero-order valence-corrected chi connectivity index (χ0v) is 11.0. The fraction of sp³-hybridized carbons (Fsp3) is 0.167. The molecule has 0 atom stereocenters. The predicted octanol–water partition coefficient (Wildman–Crippen LogP) is 2.28. The number of fused-ring (bicyclic) bond motifs is 1. The van der Waals surface area contributed by atoms with Gasteiger partial charge in [0.15, 0.2) is 5.65 Å². The molecule has 0 spiro atoms. The van der Waals surface area contributed by atoms with E-state index >= 15 is 0 Å². The van der Waals surface area contributed by atoms with Gasteiger partial charge in [0.25, 0.3) is 0 Å². The van der Waals surface area contributed by atoms with Crippen LogP contribution >= 0.6 is 11.3 Å². The molecule has 3 heterocycles. The van der Waals surface area contributed by atoms with Gasteiger partial charge >= 0.3 is 0 Å². The molecule has 3 aromatic heterocycles. The molecule has 0 saturated carbocycles. The second-order valence-corrected chi connectivity index (χ2v) is 4.70. The summed E-state index contributed by atoms with van der Waals surface area (Å²) in [6, 6.07) is 0. The SMILES string of the molecule is CCOC=Cc1nc2nc(-n3ccnc3)ncc2s1. The van der Waals surface area contributed by atoms with Crippen molar-refractivity contribution < 1.29 is 4.74 Å². The van der Waals surface area contributed by atoms with Crippen molar-refractivity contribution in [3.05, 3.63) is 36.2 Å². The molecule has 0 fully saturated rings. The van der Waals surface area contributed by atoms with Crippen LogP contribution in [0.4, 0.5) is 0 Å². The van der Waals surface area contributed by atoms with E-state index in [0.717, 1.165) is 9.71 Å². The van der Waals surface area contributed by atoms with E-state index in [9.17, 15) is 0 Å². The van der Waals surface area contributed by atoms with Crippen molar-refractivity contribution in [3.8, 4) is 5.95 Å². The molecule has 0 aliphatic rings. The third kappa shape index (κ3) is 2.45. The highest BCUT2D eigenvalue weighted by atomic mass is 32.1. The first-order valence-corrected chi connectivity index (χ1v) is 6.58. The van der Waals surface area contributed by atoms with Crippen molar-refractivity contribution in [2.45, 2.75) is 6.92 Å². The Morgan fingerprint density at radius 3 is 3.16 bits per heavy atom. The highest BCUT2D eigenvalue weighted by Gasteiger charge is 2.06. The van der Waals surface area contributed by atoms with Gasteiger partial charge in [0.05, 0.1) is 23.8 Å². The number of hydrogen-bond acceptors (Lipinski definition) is 6. The van der Waals surface area contributed by atoms with Gasteiger partial charge in [0.1, 0.15) is 11.3 Å². The highest BCUT2D eigenvalue weighted by Crippen LogP contribution is 2.21. The summed E-state index contributed by atoms with van der Waals surface area (Å²) in [6.07, 6.45) is 10.4. The van der Waals surface area contributed by atoms with Crippen LogP contribution in [0.3, 0.4) is 0 Å². The van der Waals surface area contributed by atoms with E-state index in [-0.39, 0.29) is 0 Å². The van der Waals surface area contributed by atoms with Gasteiger partial charge in [-0.1, -0.05) is 0 Å². The molecule has 0 radical (unpaired) electrons. The average Bonchev–Trinajstić information content (AvgIpc) is 3.07. The van der Waals surface area contributed by atoms with Crippen molar-refractivity contribution in [3.63, 3.8) is 0 Å². The number of aromatic nitrogens is 5. The van der Waals surface area contributed by atoms with Gasteiger partial charge in [0, 0.05) is 18.5 Å². The van der Waals surface area contributed by atoms with Crippen LogP contribution < -0.4 is 0 Å². The van der Waals surface area contributed by atoms with Crippen molar-refractivity contribution in [2.24, 2.45) is 0 Å². The Bertz CT molecular complexity index is 704. The van der Waals surface area contributed by atoms with E-state index in [2.05, 4.69) is 19.9 Å². The summed E-state index contributed by atoms with van der Waals surface area (Å²) < 4.78 is 7.84. The highest BCUT2D eigenvalue weighted by molar-refractivity contribution is 7.19. The maximum atomic E-state index is 5.15. The molecule has 0 aliphatic heterocycles. The lowest BCUT2D eigenvalue weighted by atomic mass is 10.6. The number of rotatable bonds is 4. The summed E-state index contributed by atoms with van der Waals surface area (Å²) in [5.74, 6) is 0.565. The molecule has 0 N–H and O–H groups in total. The van der Waals surface area contributed by atoms with Crippen molar-refractivity contribution >= 4 is 27.8 Å². The monoisotopic (exact) mass is 273 g/mol. The molecule has 3 rings (SSSR count). The van der Waals surface area contributed by atoms with E-state index in [4.69, 9.17) is 4.74 Å². The van der Waals surface area contributed by atoms with E-state index in [1.165, 1.54) is 11.3 Å². The van der Waals surface area contributed by atoms with Crippen LogP contribution in [0.15, 0.2) is 31.2 Å². The Hall–Kier alpha value is -2.28. The average molecular weight is 273 g/mol. The predicted molar refractivity (Wildman–Crippen MR) is 73.0 cm³/mol. The van der Waals surface area contributed by atoms with Crippen LogP contribution in [0, 0.1) is 0 Å². The third-order valence-corrected chi connectivity index (χ3v) is 3.31. The Balaban J connectivity index is 1.95. The smallest absolute Gasteiger partial charge is 0.237 e. The fourth-order valence-corrected chi connectivity index (χ4v) is 2.29. The molecule has 0 amide bonds. The summed E-state index contributed by atoms with van der Waals surface area (Å²) >= 11 is 1.53. The molecule has 0 unspecified atom stereocenters. The van der Waals surface area contributed by atoms with Crippen molar-refractivity contribution in [1.82, 2.24) is 24.5 Å². The maximum Gasteiger partial charge on any atom is 0.237 e. The minimum Gasteiger partial charge on any atom is -0.501 e. The molecule has 7 heteroatoms. The van der Waals surface area contributed by atoms with Gasteiger partial charge in [-0.15, -0.1) is 11.3 Å². The number of nitrogens with zero attached hydrogens (tertiary/aromatic N) is 5. The van der Waals surface area contributed by atoms with E-state index in [1.807, 2.05) is 13.0 Å². The number of imidazole rings is 1. The lowest BCUT2D eigenvalue weighted by Crippen LogP contribution is -1.97. The normalized spacial score (nSPS) is 11.4. The molecule has 0 bridgehead atoms. The Morgan fingerprint density at radius 1 is 1.42 bits per heavy atom. The summed E-state index contributed by atoms with van der Waals surface area (Å²) in [7, 11) is 0. The van der Waals surface area contributed by atoms with Gasteiger partial charge in [-0.05, 0) is 6.92 Å². The Kier molecular flexibility index (Phi) is 3.20. The minimum atomic E-state index is 0.565. The topological polar surface area (TPSA) is 65.7 Å². The first-order valence-electron chi connectivity index (χ1n) is 5.77. The fourth-order valence-electron chi connectivity index (χ4n) is 1.52. The number of ether oxygens (including phenoxy) is 1. The molecule has 19 heavy (non-hydrogen) atoms. The molecule has 0 aromatic carbocycles. The van der Waals surface area contributed by atoms with Crippen LogP contribution in [0.1, 0.15) is 11.9 Å². The second-order valence-electron chi connectivity index (χ2n) is 3.64. The molecule has 0 aliphatic carbocycles. The van der Waals surface area contributed by atoms with Crippen molar-refractivity contribution in [1.29, 1.82) is 0 Å². The van der Waals surface area contributed by atoms with Gasteiger partial charge in [0.2, 0.25) is 5.95 Å². The molecular weight excluding hydrogens is 262 g/mol. The minimum absolute atomic E-state index is 0.565. The van der Waals surface area contributed by atoms with E-state index in [1.54, 1.807) is 35.7 Å². The lowest BCUT2D eigenvalue weighted by Gasteiger charge is -1.97. The summed E-state index contributed by atoms with van der Waals surface area (Å²) in [5, 5.41) is 0.848. The van der Waals surface area contributed by atoms with Crippen LogP contribution in [-0.2, 0) is 4.74 Å². The third-order valence-electron chi connectivity index (χ3n) is 2.36. The number of thiazole rings is 1. The van der Waals surface area contributed by atoms with Gasteiger partial charge in [-0.2, -0.15) is 4.98 Å². The van der Waals surface area contributed by atoms with Gasteiger partial charge in [-0.3, -0.25) is 4.57 Å². The van der Waals surface area contributed by atoms with Crippen LogP contribution in [0.2, 0.25) is 0 Å². The van der Waals surface area contributed by atoms with Gasteiger partial charge in [-0.25, -0.2) is 15.0 Å². The molecule has 96 valence electrons. The van der Waals surface area contributed by atoms with Gasteiger partial charge < -0.3 is 4.74 Å². The second kappa shape index (κ2) is 5.15. The maximum absolute atomic E-state index is 5.15. The van der Waals surface area contributed by atoms with Crippen LogP contribution in [0.5, 0.6) is 0 Å². The quantitative estimate of drug-likeness (QED) is 0.682. The first kappa shape index (κ1) is 11.8. The molecule has 0 saturated heterocycles. The molecule has 6 nitrogen and oxygen atoms in total. The zero-order chi connectivity index (χ0) is 13.1. The van der Waals surface area contributed by atoms with Crippen molar-refractivity contribution in [2.75, 3.05) is 6.61 Å². The van der Waals surface area contributed by atoms with Crippen LogP contribution in [-0.4, -0.2) is 31.1 Å². The van der Waals surface area contributed by atoms with Crippen LogP contribution in [0.25, 0.3) is 22.4 Å². The standard InChI is InChI=1S/C12H11N5OS/c1-2-18-6-3-10-15-11-9(19-10)7-14-12(16-11)17-5-4-13-8-17/h3-8H,2H2,1H3. The Morgan fingerprint density at radius 2 is 2.37 bits per heavy atom. The summed E-state index contributed by atoms with van der Waals surface area (Å²) in [4.78, 5) is 17.1. The lowest BCUT2D eigenvalue weighted by molar-refractivity contribution is 0.272. The first-order chi connectivity index (χ1) is 9.36. The molecule has 3 aromatic rings. The zero-order valence-electron chi connectivity index (χ0n) is 10.2.